The number of pyridine rings is 1. The van der Waals surface area contributed by atoms with Gasteiger partial charge in [-0.2, -0.15) is 0 Å². The first-order valence-corrected chi connectivity index (χ1v) is 5.75. The second kappa shape index (κ2) is 5.68. The quantitative estimate of drug-likeness (QED) is 0.800. The maximum absolute atomic E-state index is 11.4. The van der Waals surface area contributed by atoms with Crippen molar-refractivity contribution in [2.24, 2.45) is 5.92 Å². The van der Waals surface area contributed by atoms with Crippen LogP contribution in [0.25, 0.3) is 0 Å². The molecule has 2 rings (SSSR count). The molecule has 1 aliphatic rings. The molecule has 18 heavy (non-hydrogen) atoms. The van der Waals surface area contributed by atoms with Crippen LogP contribution in [0.15, 0.2) is 12.3 Å². The van der Waals surface area contributed by atoms with Crippen molar-refractivity contribution in [2.45, 2.75) is 6.42 Å². The highest BCUT2D eigenvalue weighted by Crippen LogP contribution is 2.24. The van der Waals surface area contributed by atoms with Crippen molar-refractivity contribution in [3.8, 4) is 5.88 Å². The number of ether oxygens (including phenoxy) is 3. The van der Waals surface area contributed by atoms with E-state index in [4.69, 9.17) is 15.2 Å². The molecular formula is C12H16N2O4. The van der Waals surface area contributed by atoms with Crippen molar-refractivity contribution < 1.29 is 19.0 Å². The monoisotopic (exact) mass is 252 g/mol. The average molecular weight is 252 g/mol. The van der Waals surface area contributed by atoms with Gasteiger partial charge in [-0.3, -0.25) is 0 Å². The second-order valence-electron chi connectivity index (χ2n) is 4.11. The van der Waals surface area contributed by atoms with Crippen molar-refractivity contribution >= 4 is 11.7 Å². The van der Waals surface area contributed by atoms with Crippen LogP contribution in [0.4, 0.5) is 5.69 Å². The number of hydrogen-bond acceptors (Lipinski definition) is 6. The number of methoxy groups -OCH3 is 1. The summed E-state index contributed by atoms with van der Waals surface area (Å²) < 4.78 is 15.4. The van der Waals surface area contributed by atoms with E-state index in [-0.39, 0.29) is 17.1 Å². The van der Waals surface area contributed by atoms with Crippen molar-refractivity contribution in [2.75, 3.05) is 32.7 Å². The zero-order valence-electron chi connectivity index (χ0n) is 10.2. The summed E-state index contributed by atoms with van der Waals surface area (Å²) in [7, 11) is 1.30. The minimum Gasteiger partial charge on any atom is -0.476 e. The lowest BCUT2D eigenvalue weighted by Gasteiger charge is -2.12. The minimum atomic E-state index is -0.496. The van der Waals surface area contributed by atoms with E-state index in [1.54, 1.807) is 0 Å². The minimum absolute atomic E-state index is 0.211. The molecule has 6 heteroatoms. The first-order chi connectivity index (χ1) is 8.72. The summed E-state index contributed by atoms with van der Waals surface area (Å²) in [6, 6.07) is 1.51. The lowest BCUT2D eigenvalue weighted by molar-refractivity contribution is 0.0601. The number of hydrogen-bond donors (Lipinski definition) is 1. The third-order valence-corrected chi connectivity index (χ3v) is 2.84. The Hall–Kier alpha value is -1.82. The van der Waals surface area contributed by atoms with E-state index in [0.717, 1.165) is 13.0 Å². The van der Waals surface area contributed by atoms with Gasteiger partial charge in [0.15, 0.2) is 0 Å². The number of rotatable bonds is 4. The molecule has 0 aliphatic carbocycles. The molecule has 0 bridgehead atoms. The molecule has 0 aromatic carbocycles. The van der Waals surface area contributed by atoms with Gasteiger partial charge in [-0.1, -0.05) is 0 Å². The normalized spacial score (nSPS) is 18.6. The third kappa shape index (κ3) is 2.70. The largest absolute Gasteiger partial charge is 0.476 e. The highest BCUT2D eigenvalue weighted by atomic mass is 16.5. The molecule has 1 aromatic rings. The van der Waals surface area contributed by atoms with Crippen LogP contribution in [0.2, 0.25) is 0 Å². The lowest BCUT2D eigenvalue weighted by Crippen LogP contribution is -2.14. The SMILES string of the molecule is COC(=O)c1ccnc(OCC2CCOC2)c1N. The predicted octanol–water partition coefficient (Wildman–Crippen LogP) is 0.866. The Balaban J connectivity index is 2.05. The van der Waals surface area contributed by atoms with Crippen LogP contribution in [-0.4, -0.2) is 37.9 Å². The van der Waals surface area contributed by atoms with E-state index in [1.807, 2.05) is 0 Å². The summed E-state index contributed by atoms with van der Waals surface area (Å²) in [6.07, 6.45) is 2.44. The molecule has 0 radical (unpaired) electrons. The van der Waals surface area contributed by atoms with Gasteiger partial charge >= 0.3 is 5.97 Å². The molecule has 1 fully saturated rings. The number of nitrogen functional groups attached to an aromatic ring is 1. The summed E-state index contributed by atoms with van der Waals surface area (Å²) in [5.41, 5.74) is 6.31. The molecular weight excluding hydrogens is 236 g/mol. The van der Waals surface area contributed by atoms with Crippen molar-refractivity contribution in [1.29, 1.82) is 0 Å². The van der Waals surface area contributed by atoms with Crippen LogP contribution in [0.3, 0.4) is 0 Å². The molecule has 1 unspecified atom stereocenters. The van der Waals surface area contributed by atoms with E-state index in [0.29, 0.717) is 19.1 Å². The van der Waals surface area contributed by atoms with E-state index < -0.39 is 5.97 Å². The Morgan fingerprint density at radius 1 is 1.67 bits per heavy atom. The van der Waals surface area contributed by atoms with Gasteiger partial charge in [0.2, 0.25) is 5.88 Å². The van der Waals surface area contributed by atoms with Crippen LogP contribution in [0, 0.1) is 5.92 Å². The Morgan fingerprint density at radius 3 is 3.17 bits per heavy atom. The average Bonchev–Trinajstić information content (AvgIpc) is 2.90. The highest BCUT2D eigenvalue weighted by Gasteiger charge is 2.19. The second-order valence-corrected chi connectivity index (χ2v) is 4.11. The number of nitrogens with zero attached hydrogens (tertiary/aromatic N) is 1. The number of carbonyl (C=O) groups excluding carboxylic acids is 1. The number of esters is 1. The van der Waals surface area contributed by atoms with E-state index in [2.05, 4.69) is 9.72 Å². The van der Waals surface area contributed by atoms with Crippen molar-refractivity contribution in [3.63, 3.8) is 0 Å². The van der Waals surface area contributed by atoms with Gasteiger partial charge < -0.3 is 19.9 Å². The first kappa shape index (κ1) is 12.6. The Morgan fingerprint density at radius 2 is 2.50 bits per heavy atom. The number of carbonyl (C=O) groups is 1. The fourth-order valence-corrected chi connectivity index (χ4v) is 1.77. The van der Waals surface area contributed by atoms with Crippen LogP contribution >= 0.6 is 0 Å². The van der Waals surface area contributed by atoms with Gasteiger partial charge in [0, 0.05) is 18.7 Å². The summed E-state index contributed by atoms with van der Waals surface area (Å²) in [6.45, 7) is 1.94. The maximum atomic E-state index is 11.4. The summed E-state index contributed by atoms with van der Waals surface area (Å²) in [5.74, 6) is 0.127. The van der Waals surface area contributed by atoms with Crippen LogP contribution in [0.1, 0.15) is 16.8 Å². The first-order valence-electron chi connectivity index (χ1n) is 5.75. The Labute approximate surface area is 105 Å². The van der Waals surface area contributed by atoms with E-state index >= 15 is 0 Å². The lowest BCUT2D eigenvalue weighted by atomic mass is 10.1. The van der Waals surface area contributed by atoms with Gasteiger partial charge in [0.05, 0.1) is 25.9 Å². The number of nitrogens with two attached hydrogens (primary N) is 1. The number of anilines is 1. The summed E-state index contributed by atoms with van der Waals surface area (Å²) >= 11 is 0. The van der Waals surface area contributed by atoms with Gasteiger partial charge in [-0.05, 0) is 12.5 Å². The topological polar surface area (TPSA) is 83.7 Å². The smallest absolute Gasteiger partial charge is 0.340 e. The molecule has 98 valence electrons. The Bertz CT molecular complexity index is 430. The van der Waals surface area contributed by atoms with Gasteiger partial charge in [-0.25, -0.2) is 9.78 Å². The van der Waals surface area contributed by atoms with Gasteiger partial charge in [0.1, 0.15) is 5.69 Å². The molecule has 1 aliphatic heterocycles. The Kier molecular flexibility index (Phi) is 3.99. The molecule has 2 N–H and O–H groups in total. The van der Waals surface area contributed by atoms with Crippen LogP contribution < -0.4 is 10.5 Å². The van der Waals surface area contributed by atoms with Gasteiger partial charge in [0.25, 0.3) is 0 Å². The fourth-order valence-electron chi connectivity index (χ4n) is 1.77. The fraction of sp³-hybridized carbons (Fsp3) is 0.500. The zero-order valence-corrected chi connectivity index (χ0v) is 10.2. The van der Waals surface area contributed by atoms with E-state index in [1.165, 1.54) is 19.4 Å². The van der Waals surface area contributed by atoms with E-state index in [9.17, 15) is 4.79 Å². The number of aromatic nitrogens is 1. The molecule has 0 amide bonds. The van der Waals surface area contributed by atoms with Crippen molar-refractivity contribution in [1.82, 2.24) is 4.98 Å². The summed E-state index contributed by atoms with van der Waals surface area (Å²) in [5, 5.41) is 0. The third-order valence-electron chi connectivity index (χ3n) is 2.84. The molecule has 2 heterocycles. The van der Waals surface area contributed by atoms with Gasteiger partial charge in [-0.15, -0.1) is 0 Å². The van der Waals surface area contributed by atoms with Crippen molar-refractivity contribution in [3.05, 3.63) is 17.8 Å². The molecule has 0 spiro atoms. The molecule has 1 aromatic heterocycles. The zero-order chi connectivity index (χ0) is 13.0. The maximum Gasteiger partial charge on any atom is 0.340 e. The van der Waals surface area contributed by atoms with Crippen LogP contribution in [-0.2, 0) is 9.47 Å². The molecule has 1 saturated heterocycles. The predicted molar refractivity (Wildman–Crippen MR) is 64.4 cm³/mol. The molecule has 6 nitrogen and oxygen atoms in total. The molecule has 1 atom stereocenters. The standard InChI is InChI=1S/C12H16N2O4/c1-16-12(15)9-2-4-14-11(10(9)13)18-7-8-3-5-17-6-8/h2,4,8H,3,5-7,13H2,1H3. The summed E-state index contributed by atoms with van der Waals surface area (Å²) in [4.78, 5) is 15.5. The highest BCUT2D eigenvalue weighted by molar-refractivity contribution is 5.95. The van der Waals surface area contributed by atoms with Crippen LogP contribution in [0.5, 0.6) is 5.88 Å². The molecule has 0 saturated carbocycles.